The number of alkyl halides is 6. The highest BCUT2D eigenvalue weighted by Crippen LogP contribution is 2.34. The Bertz CT molecular complexity index is 1380. The number of nitrogens with zero attached hydrogens (tertiary/aromatic N) is 4. The number of piperidine rings is 1. The number of ether oxygens (including phenoxy) is 1. The van der Waals surface area contributed by atoms with Gasteiger partial charge < -0.3 is 20.1 Å². The molecular formula is C28H40F6N6O5Si. The molecule has 11 nitrogen and oxygen atoms in total. The Morgan fingerprint density at radius 2 is 1.80 bits per heavy atom. The van der Waals surface area contributed by atoms with Crippen molar-refractivity contribution in [2.45, 2.75) is 83.6 Å². The van der Waals surface area contributed by atoms with Crippen molar-refractivity contribution in [3.63, 3.8) is 0 Å². The molecule has 0 aliphatic carbocycles. The lowest BCUT2D eigenvalue weighted by molar-refractivity contribution is -0.139. The predicted molar refractivity (Wildman–Crippen MR) is 159 cm³/mol. The smallest absolute Gasteiger partial charge is 0.392 e. The van der Waals surface area contributed by atoms with E-state index in [1.165, 1.54) is 13.0 Å². The molecule has 0 radical (unpaired) electrons. The molecule has 0 spiro atoms. The molecule has 258 valence electrons. The number of halogens is 6. The van der Waals surface area contributed by atoms with Crippen LogP contribution < -0.4 is 21.3 Å². The number of carbonyl (C=O) groups excluding carboxylic acids is 1. The Kier molecular flexibility index (Phi) is 12.6. The zero-order valence-corrected chi connectivity index (χ0v) is 27.1. The number of amides is 1. The molecule has 2 aromatic rings. The van der Waals surface area contributed by atoms with E-state index in [1.54, 1.807) is 4.90 Å². The second kappa shape index (κ2) is 15.6. The molecular weight excluding hydrogens is 642 g/mol. The van der Waals surface area contributed by atoms with Gasteiger partial charge in [0, 0.05) is 46.4 Å². The summed E-state index contributed by atoms with van der Waals surface area (Å²) < 4.78 is 86.7. The number of nitrogens with one attached hydrogen (secondary N) is 2. The third kappa shape index (κ3) is 10.9. The Morgan fingerprint density at radius 3 is 2.39 bits per heavy atom. The molecule has 1 atom stereocenters. The molecule has 0 saturated carbocycles. The van der Waals surface area contributed by atoms with E-state index in [0.29, 0.717) is 49.2 Å². The summed E-state index contributed by atoms with van der Waals surface area (Å²) in [6.45, 7) is 7.61. The van der Waals surface area contributed by atoms with Crippen LogP contribution in [0.4, 0.5) is 37.8 Å². The van der Waals surface area contributed by atoms with Crippen LogP contribution in [0.2, 0.25) is 25.7 Å². The van der Waals surface area contributed by atoms with E-state index >= 15 is 0 Å². The van der Waals surface area contributed by atoms with Gasteiger partial charge in [0.2, 0.25) is 5.91 Å². The van der Waals surface area contributed by atoms with Crippen molar-refractivity contribution < 1.29 is 45.8 Å². The molecule has 0 aromatic carbocycles. The van der Waals surface area contributed by atoms with E-state index in [9.17, 15) is 41.0 Å². The van der Waals surface area contributed by atoms with Crippen LogP contribution in [0.3, 0.4) is 0 Å². The zero-order chi connectivity index (χ0) is 34.3. The van der Waals surface area contributed by atoms with Crippen LogP contribution >= 0.6 is 0 Å². The average Bonchev–Trinajstić information content (AvgIpc) is 2.94. The van der Waals surface area contributed by atoms with Gasteiger partial charge >= 0.3 is 12.4 Å². The first-order valence-electron chi connectivity index (χ1n) is 14.7. The molecule has 1 fully saturated rings. The van der Waals surface area contributed by atoms with Gasteiger partial charge in [-0.15, -0.1) is 0 Å². The van der Waals surface area contributed by atoms with Gasteiger partial charge in [-0.1, -0.05) is 19.6 Å². The summed E-state index contributed by atoms with van der Waals surface area (Å²) >= 11 is 0. The van der Waals surface area contributed by atoms with Gasteiger partial charge in [-0.2, -0.15) is 31.4 Å². The van der Waals surface area contributed by atoms with E-state index in [-0.39, 0.29) is 24.5 Å². The Balaban J connectivity index is 1.46. The van der Waals surface area contributed by atoms with Crippen LogP contribution in [0.5, 0.6) is 0 Å². The van der Waals surface area contributed by atoms with E-state index in [1.807, 2.05) is 0 Å². The summed E-state index contributed by atoms with van der Waals surface area (Å²) in [6, 6.07) is 1.23. The van der Waals surface area contributed by atoms with Gasteiger partial charge in [-0.3, -0.25) is 14.4 Å². The minimum Gasteiger partial charge on any atom is -0.392 e. The fraction of sp³-hybridized carbons (Fsp3) is 0.643. The van der Waals surface area contributed by atoms with Crippen LogP contribution in [0.15, 0.2) is 23.3 Å². The Hall–Kier alpha value is -3.22. The quantitative estimate of drug-likeness (QED) is 0.113. The van der Waals surface area contributed by atoms with Crippen molar-refractivity contribution in [1.29, 1.82) is 0 Å². The van der Waals surface area contributed by atoms with Gasteiger partial charge in [-0.05, 0) is 43.4 Å². The van der Waals surface area contributed by atoms with Crippen LogP contribution in [0.1, 0.15) is 42.9 Å². The molecule has 46 heavy (non-hydrogen) atoms. The first-order chi connectivity index (χ1) is 21.4. The number of hydrogen-bond acceptors (Lipinski definition) is 9. The number of pyridine rings is 1. The molecule has 1 amide bonds. The predicted octanol–water partition coefficient (Wildman–Crippen LogP) is 4.64. The molecule has 3 heterocycles. The molecule has 1 aliphatic heterocycles. The topological polar surface area (TPSA) is 131 Å². The minimum absolute atomic E-state index is 0.0476. The number of aliphatic hydroxyl groups is 1. The summed E-state index contributed by atoms with van der Waals surface area (Å²) in [5, 5.41) is 15.8. The lowest BCUT2D eigenvalue weighted by atomic mass is 9.93. The minimum atomic E-state index is -4.96. The third-order valence-electron chi connectivity index (χ3n) is 7.32. The fourth-order valence-corrected chi connectivity index (χ4v) is 5.52. The lowest BCUT2D eigenvalue weighted by Crippen LogP contribution is -2.37. The van der Waals surface area contributed by atoms with Crippen molar-refractivity contribution in [2.24, 2.45) is 5.92 Å². The molecule has 1 saturated heterocycles. The monoisotopic (exact) mass is 682 g/mol. The number of anilines is 2. The molecule has 2 aromatic heterocycles. The number of carbonyl (C=O) groups is 1. The number of aromatic nitrogens is 3. The van der Waals surface area contributed by atoms with E-state index < -0.39 is 68.1 Å². The van der Waals surface area contributed by atoms with Crippen molar-refractivity contribution in [3.8, 4) is 0 Å². The maximum absolute atomic E-state index is 13.8. The van der Waals surface area contributed by atoms with Crippen LogP contribution in [0.25, 0.3) is 0 Å². The Labute approximate surface area is 263 Å². The second-order valence-corrected chi connectivity index (χ2v) is 18.1. The van der Waals surface area contributed by atoms with Crippen molar-refractivity contribution in [1.82, 2.24) is 20.2 Å². The van der Waals surface area contributed by atoms with Crippen molar-refractivity contribution in [2.75, 3.05) is 36.5 Å². The summed E-state index contributed by atoms with van der Waals surface area (Å²) in [5.41, 5.74) is -2.28. The van der Waals surface area contributed by atoms with Crippen molar-refractivity contribution >= 4 is 25.5 Å². The maximum Gasteiger partial charge on any atom is 0.423 e. The van der Waals surface area contributed by atoms with Crippen molar-refractivity contribution in [3.05, 3.63) is 45.5 Å². The molecule has 1 aliphatic rings. The highest BCUT2D eigenvalue weighted by molar-refractivity contribution is 6.76. The number of hydrogen-bond donors (Lipinski definition) is 3. The third-order valence-corrected chi connectivity index (χ3v) is 9.03. The second-order valence-electron chi connectivity index (χ2n) is 12.5. The summed E-state index contributed by atoms with van der Waals surface area (Å²) in [4.78, 5) is 35.9. The van der Waals surface area contributed by atoms with Crippen LogP contribution in [-0.4, -0.2) is 66.2 Å². The van der Waals surface area contributed by atoms with Crippen LogP contribution in [0, 0.1) is 5.92 Å². The van der Waals surface area contributed by atoms with Crippen LogP contribution in [-0.2, 0) is 40.1 Å². The van der Waals surface area contributed by atoms with E-state index in [4.69, 9.17) is 9.57 Å². The van der Waals surface area contributed by atoms with Gasteiger partial charge in [0.05, 0.1) is 30.7 Å². The number of aliphatic hydroxyl groups excluding tert-OH is 1. The largest absolute Gasteiger partial charge is 0.423 e. The average molecular weight is 683 g/mol. The van der Waals surface area contributed by atoms with Gasteiger partial charge in [0.1, 0.15) is 18.1 Å². The first-order valence-corrected chi connectivity index (χ1v) is 18.4. The molecule has 3 N–H and O–H groups in total. The number of hydroxylamine groups is 1. The maximum atomic E-state index is 13.8. The normalized spacial score (nSPS) is 15.6. The molecule has 18 heteroatoms. The molecule has 3 rings (SSSR count). The standard InChI is InChI=1S/C28H40F6N6O5Si/c1-18(37-22-14-36-40(17-44-9-10-46(2,3)4)26(43)25(22)28(32,33)34)16-45-38-24(42)11-19-5-7-39(8-6-19)23-12-20(15-41)21(13-35-23)27(29,30)31/h12-14,18-19,37,41H,5-11,15-17H2,1-4H3,(H,38,42). The van der Waals surface area contributed by atoms with E-state index in [2.05, 4.69) is 40.5 Å². The van der Waals surface area contributed by atoms with Gasteiger partial charge in [0.15, 0.2) is 0 Å². The highest BCUT2D eigenvalue weighted by atomic mass is 28.3. The first kappa shape index (κ1) is 37.2. The SMILES string of the molecule is CC(CONC(=O)CC1CCN(c2cc(CO)c(C(F)(F)F)cn2)CC1)Nc1cnn(COCC[Si](C)(C)C)c(=O)c1C(F)(F)F. The summed E-state index contributed by atoms with van der Waals surface area (Å²) in [5.74, 6) is -0.194. The zero-order valence-electron chi connectivity index (χ0n) is 26.1. The summed E-state index contributed by atoms with van der Waals surface area (Å²) in [6.07, 6.45) is -6.80. The summed E-state index contributed by atoms with van der Waals surface area (Å²) in [7, 11) is -1.43. The fourth-order valence-electron chi connectivity index (χ4n) is 4.76. The van der Waals surface area contributed by atoms with E-state index in [0.717, 1.165) is 12.2 Å². The Morgan fingerprint density at radius 1 is 1.13 bits per heavy atom. The lowest BCUT2D eigenvalue weighted by Gasteiger charge is -2.33. The highest BCUT2D eigenvalue weighted by Gasteiger charge is 2.39. The van der Waals surface area contributed by atoms with Gasteiger partial charge in [-0.25, -0.2) is 15.1 Å². The number of rotatable bonds is 14. The molecule has 1 unspecified atom stereocenters. The van der Waals surface area contributed by atoms with Gasteiger partial charge in [0.25, 0.3) is 5.56 Å². The molecule has 0 bridgehead atoms.